The topological polar surface area (TPSA) is 68.0 Å². The van der Waals surface area contributed by atoms with Crippen molar-refractivity contribution in [2.45, 2.75) is 6.92 Å². The Kier molecular flexibility index (Phi) is 4.12. The Morgan fingerprint density at radius 2 is 1.89 bits per heavy atom. The summed E-state index contributed by atoms with van der Waals surface area (Å²) >= 11 is 0. The third kappa shape index (κ3) is 3.27. The zero-order valence-corrected chi connectivity index (χ0v) is 14.2. The molecule has 2 heterocycles. The maximum atomic E-state index is 13.7. The zero-order valence-electron chi connectivity index (χ0n) is 14.2. The molecule has 1 amide bonds. The van der Waals surface area contributed by atoms with Crippen molar-refractivity contribution in [1.29, 1.82) is 0 Å². The van der Waals surface area contributed by atoms with Gasteiger partial charge in [-0.15, -0.1) is 0 Å². The number of nitrogens with zero attached hydrogens (tertiary/aromatic N) is 2. The van der Waals surface area contributed by atoms with E-state index in [1.165, 1.54) is 36.7 Å². The van der Waals surface area contributed by atoms with Crippen molar-refractivity contribution in [3.63, 3.8) is 0 Å². The number of fused-ring (bicyclic) bond motifs is 1. The molecule has 4 rings (SSSR count). The largest absolute Gasteiger partial charge is 0.431 e. The summed E-state index contributed by atoms with van der Waals surface area (Å²) in [5, 5.41) is 3.13. The number of carbonyl (C=O) groups is 1. The molecule has 0 atom stereocenters. The number of carbonyl (C=O) groups excluding carboxylic acids is 1. The van der Waals surface area contributed by atoms with Gasteiger partial charge in [0.2, 0.25) is 0 Å². The second kappa shape index (κ2) is 6.60. The summed E-state index contributed by atoms with van der Waals surface area (Å²) in [6.45, 7) is 1.85. The van der Waals surface area contributed by atoms with Crippen LogP contribution in [0, 0.1) is 18.8 Å². The first kappa shape index (κ1) is 16.8. The highest BCUT2D eigenvalue weighted by Crippen LogP contribution is 2.28. The van der Waals surface area contributed by atoms with Gasteiger partial charge in [-0.2, -0.15) is 4.39 Å². The number of hydrogen-bond acceptors (Lipinski definition) is 4. The highest BCUT2D eigenvalue weighted by Gasteiger charge is 2.13. The first-order valence-electron chi connectivity index (χ1n) is 8.09. The van der Waals surface area contributed by atoms with Gasteiger partial charge in [0, 0.05) is 17.0 Å². The Balaban J connectivity index is 1.60. The molecular weight excluding hydrogens is 352 g/mol. The Morgan fingerprint density at radius 3 is 2.63 bits per heavy atom. The van der Waals surface area contributed by atoms with Crippen LogP contribution in [0.5, 0.6) is 0 Å². The van der Waals surface area contributed by atoms with E-state index in [0.29, 0.717) is 16.7 Å². The number of amides is 1. The highest BCUT2D eigenvalue weighted by molar-refractivity contribution is 6.03. The van der Waals surface area contributed by atoms with Crippen molar-refractivity contribution < 1.29 is 18.0 Å². The Bertz CT molecular complexity index is 1150. The fourth-order valence-corrected chi connectivity index (χ4v) is 2.79. The molecule has 2 aromatic carbocycles. The summed E-state index contributed by atoms with van der Waals surface area (Å²) < 4.78 is 31.9. The van der Waals surface area contributed by atoms with Gasteiger partial charge in [-0.05, 0) is 36.8 Å². The van der Waals surface area contributed by atoms with Gasteiger partial charge in [-0.3, -0.25) is 9.78 Å². The molecule has 134 valence electrons. The molecule has 4 aromatic rings. The molecule has 0 spiro atoms. The number of rotatable bonds is 3. The number of hydrogen-bond donors (Lipinski definition) is 1. The minimum atomic E-state index is -0.654. The minimum absolute atomic E-state index is 0.0772. The van der Waals surface area contributed by atoms with Crippen LogP contribution in [0.1, 0.15) is 15.9 Å². The lowest BCUT2D eigenvalue weighted by atomic mass is 10.0. The highest BCUT2D eigenvalue weighted by atomic mass is 19.1. The van der Waals surface area contributed by atoms with E-state index >= 15 is 0 Å². The normalized spacial score (nSPS) is 10.9. The van der Waals surface area contributed by atoms with Gasteiger partial charge in [-0.25, -0.2) is 9.37 Å². The average molecular weight is 365 g/mol. The molecule has 0 saturated heterocycles. The van der Waals surface area contributed by atoms with Crippen LogP contribution in [-0.2, 0) is 0 Å². The quantitative estimate of drug-likeness (QED) is 0.570. The Morgan fingerprint density at radius 1 is 1.07 bits per heavy atom. The van der Waals surface area contributed by atoms with Crippen LogP contribution in [0.4, 0.5) is 14.6 Å². The van der Waals surface area contributed by atoms with Gasteiger partial charge in [0.25, 0.3) is 11.9 Å². The number of nitrogens with one attached hydrogen (secondary N) is 1. The number of aromatic nitrogens is 2. The Hall–Kier alpha value is -3.61. The monoisotopic (exact) mass is 365 g/mol. The zero-order chi connectivity index (χ0) is 19.0. The van der Waals surface area contributed by atoms with E-state index in [0.717, 1.165) is 11.1 Å². The van der Waals surface area contributed by atoms with Crippen LogP contribution >= 0.6 is 0 Å². The van der Waals surface area contributed by atoms with E-state index in [-0.39, 0.29) is 11.4 Å². The average Bonchev–Trinajstić information content (AvgIpc) is 3.01. The SMILES string of the molecule is Cc1cc2oc(F)cc2cc1-c1cnc(NC(=O)c2ccccc2F)cn1. The maximum absolute atomic E-state index is 13.7. The first-order valence-corrected chi connectivity index (χ1v) is 8.09. The second-order valence-corrected chi connectivity index (χ2v) is 5.98. The van der Waals surface area contributed by atoms with Crippen molar-refractivity contribution in [2.24, 2.45) is 0 Å². The number of halogens is 2. The molecule has 0 aliphatic heterocycles. The van der Waals surface area contributed by atoms with E-state index in [4.69, 9.17) is 4.42 Å². The molecule has 0 bridgehead atoms. The fourth-order valence-electron chi connectivity index (χ4n) is 2.79. The van der Waals surface area contributed by atoms with Gasteiger partial charge in [0.05, 0.1) is 23.7 Å². The van der Waals surface area contributed by atoms with Gasteiger partial charge < -0.3 is 9.73 Å². The fraction of sp³-hybridized carbons (Fsp3) is 0.0500. The number of furan rings is 1. The lowest BCUT2D eigenvalue weighted by Crippen LogP contribution is -2.14. The van der Waals surface area contributed by atoms with Gasteiger partial charge in [0.15, 0.2) is 5.82 Å². The van der Waals surface area contributed by atoms with Crippen LogP contribution in [0.15, 0.2) is 59.3 Å². The summed E-state index contributed by atoms with van der Waals surface area (Å²) in [5.41, 5.74) is 2.54. The van der Waals surface area contributed by atoms with Gasteiger partial charge >= 0.3 is 0 Å². The third-order valence-corrected chi connectivity index (χ3v) is 4.12. The summed E-state index contributed by atoms with van der Waals surface area (Å²) in [4.78, 5) is 20.6. The smallest absolute Gasteiger partial charge is 0.278 e. The van der Waals surface area contributed by atoms with Crippen LogP contribution in [0.25, 0.3) is 22.2 Å². The predicted octanol–water partition coefficient (Wildman–Crippen LogP) is 4.73. The van der Waals surface area contributed by atoms with E-state index in [1.807, 2.05) is 6.92 Å². The van der Waals surface area contributed by atoms with Crippen LogP contribution in [-0.4, -0.2) is 15.9 Å². The molecule has 0 unspecified atom stereocenters. The molecule has 0 fully saturated rings. The van der Waals surface area contributed by atoms with E-state index in [2.05, 4.69) is 15.3 Å². The van der Waals surface area contributed by atoms with E-state index in [9.17, 15) is 13.6 Å². The number of aryl methyl sites for hydroxylation is 1. The van der Waals surface area contributed by atoms with E-state index < -0.39 is 17.7 Å². The lowest BCUT2D eigenvalue weighted by molar-refractivity contribution is 0.102. The van der Waals surface area contributed by atoms with E-state index in [1.54, 1.807) is 18.2 Å². The molecule has 1 N–H and O–H groups in total. The second-order valence-electron chi connectivity index (χ2n) is 5.98. The lowest BCUT2D eigenvalue weighted by Gasteiger charge is -2.08. The van der Waals surface area contributed by atoms with Crippen LogP contribution in [0.3, 0.4) is 0 Å². The summed E-state index contributed by atoms with van der Waals surface area (Å²) in [6.07, 6.45) is 2.87. The summed E-state index contributed by atoms with van der Waals surface area (Å²) in [6, 6.07) is 9.81. The number of anilines is 1. The predicted molar refractivity (Wildman–Crippen MR) is 96.3 cm³/mol. The van der Waals surface area contributed by atoms with Crippen LogP contribution < -0.4 is 5.32 Å². The minimum Gasteiger partial charge on any atom is -0.431 e. The van der Waals surface area contributed by atoms with Crippen LogP contribution in [0.2, 0.25) is 0 Å². The molecule has 27 heavy (non-hydrogen) atoms. The summed E-state index contributed by atoms with van der Waals surface area (Å²) in [5.74, 6) is -1.03. The first-order chi connectivity index (χ1) is 13.0. The summed E-state index contributed by atoms with van der Waals surface area (Å²) in [7, 11) is 0. The molecule has 0 saturated carbocycles. The van der Waals surface area contributed by atoms with Gasteiger partial charge in [-0.1, -0.05) is 12.1 Å². The van der Waals surface area contributed by atoms with Crippen molar-refractivity contribution >= 4 is 22.7 Å². The number of benzene rings is 2. The molecule has 2 aromatic heterocycles. The van der Waals surface area contributed by atoms with Crippen molar-refractivity contribution in [2.75, 3.05) is 5.32 Å². The molecule has 0 aliphatic rings. The third-order valence-electron chi connectivity index (χ3n) is 4.12. The molecular formula is C20H13F2N3O2. The van der Waals surface area contributed by atoms with Crippen molar-refractivity contribution in [3.05, 3.63) is 77.8 Å². The molecule has 0 radical (unpaired) electrons. The molecule has 5 nitrogen and oxygen atoms in total. The maximum Gasteiger partial charge on any atom is 0.278 e. The van der Waals surface area contributed by atoms with Gasteiger partial charge in [0.1, 0.15) is 11.4 Å². The standard InChI is InChI=1S/C20H13F2N3O2/c1-11-6-17-12(8-18(22)27-17)7-14(11)16-9-24-19(10-23-16)25-20(26)13-4-2-3-5-15(13)21/h2-10H,1H3,(H,24,25,26). The van der Waals surface area contributed by atoms with Crippen molar-refractivity contribution in [3.8, 4) is 11.3 Å². The molecule has 7 heteroatoms. The molecule has 0 aliphatic carbocycles. The Labute approximate surface area is 152 Å². The van der Waals surface area contributed by atoms with Crippen molar-refractivity contribution in [1.82, 2.24) is 9.97 Å².